The lowest BCUT2D eigenvalue weighted by Gasteiger charge is -2.55. The summed E-state index contributed by atoms with van der Waals surface area (Å²) in [7, 11) is 1.83. The van der Waals surface area contributed by atoms with E-state index in [0.29, 0.717) is 5.89 Å². The maximum Gasteiger partial charge on any atom is 0.322 e. The Bertz CT molecular complexity index is 801. The van der Waals surface area contributed by atoms with Crippen LogP contribution in [0.5, 0.6) is 0 Å². The molecule has 2 aromatic heterocycles. The van der Waals surface area contributed by atoms with E-state index < -0.39 is 0 Å². The van der Waals surface area contributed by atoms with E-state index in [-0.39, 0.29) is 17.3 Å². The highest BCUT2D eigenvalue weighted by Gasteiger charge is 2.54. The molecule has 7 heteroatoms. The third-order valence-electron chi connectivity index (χ3n) is 6.39. The van der Waals surface area contributed by atoms with Crippen LogP contribution >= 0.6 is 0 Å². The minimum atomic E-state index is -0.216. The number of aryl methyl sites for hydroxylation is 2. The molecule has 0 saturated heterocycles. The van der Waals surface area contributed by atoms with Crippen LogP contribution in [-0.4, -0.2) is 25.9 Å². The number of carbonyl (C=O) groups excluding carboxylic acids is 1. The highest BCUT2D eigenvalue weighted by molar-refractivity contribution is 5.94. The molecule has 4 fully saturated rings. The highest BCUT2D eigenvalue weighted by atomic mass is 16.4. The smallest absolute Gasteiger partial charge is 0.322 e. The van der Waals surface area contributed by atoms with Gasteiger partial charge in [0, 0.05) is 7.05 Å². The minimum absolute atomic E-state index is 0.0722. The Morgan fingerprint density at radius 3 is 2.40 bits per heavy atom. The molecule has 0 unspecified atom stereocenters. The number of anilines is 1. The normalized spacial score (nSPS) is 33.0. The first-order valence-electron chi connectivity index (χ1n) is 9.17. The molecule has 4 aliphatic rings. The standard InChI is InChI=1S/C18H23N5O2/c1-10-3-14(23(2)22-10)15-20-21-17(25-15)19-16(24)18-7-11-4-12(8-18)6-13(5-11)9-18/h3,11-13H,4-9H2,1-2H3,(H,19,21,24). The van der Waals surface area contributed by atoms with Gasteiger partial charge in [0.25, 0.3) is 5.89 Å². The molecule has 0 atom stereocenters. The molecule has 1 N–H and O–H groups in total. The van der Waals surface area contributed by atoms with E-state index in [2.05, 4.69) is 20.6 Å². The maximum absolute atomic E-state index is 13.0. The summed E-state index contributed by atoms with van der Waals surface area (Å²) in [6.07, 6.45) is 7.01. The molecule has 4 saturated carbocycles. The molecular formula is C18H23N5O2. The highest BCUT2D eigenvalue weighted by Crippen LogP contribution is 2.60. The molecule has 4 bridgehead atoms. The van der Waals surface area contributed by atoms with E-state index in [1.165, 1.54) is 19.3 Å². The fraction of sp³-hybridized carbons (Fsp3) is 0.667. The second-order valence-electron chi connectivity index (χ2n) is 8.36. The summed E-state index contributed by atoms with van der Waals surface area (Å²) in [6, 6.07) is 2.08. The zero-order chi connectivity index (χ0) is 17.2. The van der Waals surface area contributed by atoms with Crippen LogP contribution in [0.3, 0.4) is 0 Å². The molecular weight excluding hydrogens is 318 g/mol. The van der Waals surface area contributed by atoms with E-state index in [1.54, 1.807) is 4.68 Å². The predicted octanol–water partition coefficient (Wildman–Crippen LogP) is 2.93. The van der Waals surface area contributed by atoms with Crippen molar-refractivity contribution in [3.63, 3.8) is 0 Å². The molecule has 2 aromatic rings. The number of rotatable bonds is 3. The summed E-state index contributed by atoms with van der Waals surface area (Å²) in [6.45, 7) is 1.91. The van der Waals surface area contributed by atoms with Gasteiger partial charge < -0.3 is 4.42 Å². The number of nitrogens with one attached hydrogen (secondary N) is 1. The van der Waals surface area contributed by atoms with Gasteiger partial charge in [-0.2, -0.15) is 5.10 Å². The molecule has 7 nitrogen and oxygen atoms in total. The van der Waals surface area contributed by atoms with Crippen LogP contribution in [0, 0.1) is 30.1 Å². The molecule has 0 aromatic carbocycles. The first-order chi connectivity index (χ1) is 12.0. The molecule has 0 spiro atoms. The van der Waals surface area contributed by atoms with Crippen LogP contribution in [0.25, 0.3) is 11.6 Å². The second-order valence-corrected chi connectivity index (χ2v) is 8.36. The predicted molar refractivity (Wildman–Crippen MR) is 90.5 cm³/mol. The van der Waals surface area contributed by atoms with Gasteiger partial charge in [-0.15, -0.1) is 5.10 Å². The minimum Gasteiger partial charge on any atom is -0.401 e. The third kappa shape index (κ3) is 2.40. The third-order valence-corrected chi connectivity index (χ3v) is 6.39. The Morgan fingerprint density at radius 2 is 1.84 bits per heavy atom. The van der Waals surface area contributed by atoms with Crippen molar-refractivity contribution in [1.29, 1.82) is 0 Å². The maximum atomic E-state index is 13.0. The summed E-state index contributed by atoms with van der Waals surface area (Å²) in [4.78, 5) is 13.0. The van der Waals surface area contributed by atoms with Crippen molar-refractivity contribution in [3.05, 3.63) is 11.8 Å². The van der Waals surface area contributed by atoms with Gasteiger partial charge in [0.2, 0.25) is 5.91 Å². The van der Waals surface area contributed by atoms with E-state index >= 15 is 0 Å². The van der Waals surface area contributed by atoms with E-state index in [1.807, 2.05) is 20.0 Å². The molecule has 0 radical (unpaired) electrons. The number of carbonyl (C=O) groups is 1. The monoisotopic (exact) mass is 341 g/mol. The molecule has 4 aliphatic carbocycles. The van der Waals surface area contributed by atoms with Crippen LogP contribution in [0.2, 0.25) is 0 Å². The number of hydrogen-bond acceptors (Lipinski definition) is 5. The largest absolute Gasteiger partial charge is 0.401 e. The first kappa shape index (κ1) is 15.1. The number of aromatic nitrogens is 4. The Labute approximate surface area is 146 Å². The van der Waals surface area contributed by atoms with Gasteiger partial charge in [0.15, 0.2) is 0 Å². The molecule has 0 aliphatic heterocycles. The lowest BCUT2D eigenvalue weighted by Crippen LogP contribution is -2.51. The Hall–Kier alpha value is -2.18. The zero-order valence-corrected chi connectivity index (χ0v) is 14.7. The molecule has 6 rings (SSSR count). The number of amides is 1. The van der Waals surface area contributed by atoms with Gasteiger partial charge in [0.1, 0.15) is 5.69 Å². The average Bonchev–Trinajstić information content (AvgIpc) is 3.12. The fourth-order valence-electron chi connectivity index (χ4n) is 5.81. The Balaban J connectivity index is 1.36. The van der Waals surface area contributed by atoms with E-state index in [4.69, 9.17) is 4.42 Å². The van der Waals surface area contributed by atoms with Crippen molar-refractivity contribution in [3.8, 4) is 11.6 Å². The van der Waals surface area contributed by atoms with Crippen LogP contribution in [-0.2, 0) is 11.8 Å². The lowest BCUT2D eigenvalue weighted by atomic mass is 9.49. The second kappa shape index (κ2) is 5.16. The van der Waals surface area contributed by atoms with E-state index in [9.17, 15) is 4.79 Å². The number of nitrogens with zero attached hydrogens (tertiary/aromatic N) is 4. The lowest BCUT2D eigenvalue weighted by molar-refractivity contribution is -0.140. The Kier molecular flexibility index (Phi) is 3.12. The summed E-state index contributed by atoms with van der Waals surface area (Å²) in [5.41, 5.74) is 1.42. The summed E-state index contributed by atoms with van der Waals surface area (Å²) in [5, 5.41) is 15.3. The van der Waals surface area contributed by atoms with E-state index in [0.717, 1.165) is 48.4 Å². The summed E-state index contributed by atoms with van der Waals surface area (Å²) in [5.74, 6) is 2.64. The van der Waals surface area contributed by atoms with Gasteiger partial charge in [-0.05, 0) is 69.3 Å². The van der Waals surface area contributed by atoms with Gasteiger partial charge in [-0.3, -0.25) is 14.8 Å². The molecule has 2 heterocycles. The van der Waals surface area contributed by atoms with Crippen molar-refractivity contribution < 1.29 is 9.21 Å². The van der Waals surface area contributed by atoms with Crippen LogP contribution in [0.1, 0.15) is 44.2 Å². The van der Waals surface area contributed by atoms with Gasteiger partial charge >= 0.3 is 6.01 Å². The quantitative estimate of drug-likeness (QED) is 0.927. The first-order valence-corrected chi connectivity index (χ1v) is 9.17. The summed E-state index contributed by atoms with van der Waals surface area (Å²) >= 11 is 0. The summed E-state index contributed by atoms with van der Waals surface area (Å²) < 4.78 is 7.38. The van der Waals surface area contributed by atoms with Crippen LogP contribution in [0.15, 0.2) is 10.5 Å². The van der Waals surface area contributed by atoms with Gasteiger partial charge in [0.05, 0.1) is 11.1 Å². The topological polar surface area (TPSA) is 85.8 Å². The number of hydrogen-bond donors (Lipinski definition) is 1. The Morgan fingerprint density at radius 1 is 1.20 bits per heavy atom. The van der Waals surface area contributed by atoms with Crippen molar-refractivity contribution >= 4 is 11.9 Å². The van der Waals surface area contributed by atoms with Crippen LogP contribution < -0.4 is 5.32 Å². The molecule has 1 amide bonds. The van der Waals surface area contributed by atoms with Crippen molar-refractivity contribution in [1.82, 2.24) is 20.0 Å². The fourth-order valence-corrected chi connectivity index (χ4v) is 5.81. The SMILES string of the molecule is Cc1cc(-c2nnc(NC(=O)C34CC5CC(CC(C5)C3)C4)o2)n(C)n1. The molecule has 132 valence electrons. The van der Waals surface area contributed by atoms with Crippen molar-refractivity contribution in [2.45, 2.75) is 45.4 Å². The van der Waals surface area contributed by atoms with Crippen molar-refractivity contribution in [2.24, 2.45) is 30.2 Å². The van der Waals surface area contributed by atoms with Gasteiger partial charge in [-0.1, -0.05) is 5.10 Å². The van der Waals surface area contributed by atoms with Crippen LogP contribution in [0.4, 0.5) is 6.01 Å². The van der Waals surface area contributed by atoms with Gasteiger partial charge in [-0.25, -0.2) is 0 Å². The average molecular weight is 341 g/mol. The zero-order valence-electron chi connectivity index (χ0n) is 14.7. The molecule has 25 heavy (non-hydrogen) atoms. The van der Waals surface area contributed by atoms with Crippen molar-refractivity contribution in [2.75, 3.05) is 5.32 Å².